The van der Waals surface area contributed by atoms with Crippen LogP contribution in [-0.4, -0.2) is 6.54 Å². The average Bonchev–Trinajstić information content (AvgIpc) is 2.48. The molecule has 0 saturated carbocycles. The van der Waals surface area contributed by atoms with Crippen LogP contribution in [0, 0.1) is 0 Å². The summed E-state index contributed by atoms with van der Waals surface area (Å²) in [4.78, 5) is 0. The van der Waals surface area contributed by atoms with Crippen molar-refractivity contribution in [2.75, 3.05) is 6.54 Å². The zero-order chi connectivity index (χ0) is 13.3. The Bertz CT molecular complexity index is 450. The van der Waals surface area contributed by atoms with Gasteiger partial charge in [-0.25, -0.2) is 0 Å². The van der Waals surface area contributed by atoms with Crippen molar-refractivity contribution in [1.82, 2.24) is 5.32 Å². The highest BCUT2D eigenvalue weighted by Crippen LogP contribution is 2.18. The van der Waals surface area contributed by atoms with E-state index in [1.54, 1.807) is 0 Å². The molecule has 0 fully saturated rings. The molecule has 100 valence electrons. The van der Waals surface area contributed by atoms with Crippen molar-refractivity contribution >= 4 is 0 Å². The lowest BCUT2D eigenvalue weighted by molar-refractivity contribution is 0.518. The van der Waals surface area contributed by atoms with Crippen molar-refractivity contribution in [1.29, 1.82) is 0 Å². The van der Waals surface area contributed by atoms with Crippen molar-refractivity contribution in [2.24, 2.45) is 0 Å². The summed E-state index contributed by atoms with van der Waals surface area (Å²) in [6.45, 7) is 3.32. The standard InChI is InChI=1S/C18H23N/c1-2-3-14-19-18(17-12-8-5-9-13-17)15-16-10-6-4-7-11-16/h4-13,18-19H,2-3,14-15H2,1H3. The Labute approximate surface area is 116 Å². The maximum absolute atomic E-state index is 3.69. The first-order chi connectivity index (χ1) is 9.40. The van der Waals surface area contributed by atoms with E-state index in [1.165, 1.54) is 24.0 Å². The van der Waals surface area contributed by atoms with Gasteiger partial charge in [-0.2, -0.15) is 0 Å². The molecule has 2 aromatic carbocycles. The second-order valence-electron chi connectivity index (χ2n) is 4.96. The first kappa shape index (κ1) is 13.8. The molecule has 0 aliphatic rings. The Kier molecular flexibility index (Phi) is 5.64. The Balaban J connectivity index is 2.06. The predicted molar refractivity (Wildman–Crippen MR) is 82.2 cm³/mol. The van der Waals surface area contributed by atoms with Crippen LogP contribution in [0.4, 0.5) is 0 Å². The van der Waals surface area contributed by atoms with Gasteiger partial charge in [0.05, 0.1) is 0 Å². The average molecular weight is 253 g/mol. The van der Waals surface area contributed by atoms with Crippen molar-refractivity contribution in [3.05, 3.63) is 71.8 Å². The summed E-state index contributed by atoms with van der Waals surface area (Å²) in [7, 11) is 0. The van der Waals surface area contributed by atoms with E-state index in [0.29, 0.717) is 6.04 Å². The normalized spacial score (nSPS) is 12.3. The Morgan fingerprint density at radius 3 is 2.16 bits per heavy atom. The molecule has 0 aliphatic heterocycles. The maximum atomic E-state index is 3.69. The summed E-state index contributed by atoms with van der Waals surface area (Å²) in [5.74, 6) is 0. The second kappa shape index (κ2) is 7.75. The largest absolute Gasteiger partial charge is 0.310 e. The molecule has 0 amide bonds. The molecular weight excluding hydrogens is 230 g/mol. The van der Waals surface area contributed by atoms with E-state index in [9.17, 15) is 0 Å². The van der Waals surface area contributed by atoms with Gasteiger partial charge in [0.1, 0.15) is 0 Å². The first-order valence-electron chi connectivity index (χ1n) is 7.22. The Morgan fingerprint density at radius 1 is 0.895 bits per heavy atom. The summed E-state index contributed by atoms with van der Waals surface area (Å²) in [6, 6.07) is 21.9. The fourth-order valence-corrected chi connectivity index (χ4v) is 2.30. The number of unbranched alkanes of at least 4 members (excludes halogenated alkanes) is 1. The number of hydrogen-bond donors (Lipinski definition) is 1. The zero-order valence-electron chi connectivity index (χ0n) is 11.7. The minimum absolute atomic E-state index is 0.412. The van der Waals surface area contributed by atoms with E-state index in [2.05, 4.69) is 72.9 Å². The third-order valence-corrected chi connectivity index (χ3v) is 3.41. The topological polar surface area (TPSA) is 12.0 Å². The molecule has 0 aliphatic carbocycles. The van der Waals surface area contributed by atoms with Gasteiger partial charge >= 0.3 is 0 Å². The lowest BCUT2D eigenvalue weighted by atomic mass is 9.99. The highest BCUT2D eigenvalue weighted by molar-refractivity contribution is 5.23. The van der Waals surface area contributed by atoms with Crippen LogP contribution in [-0.2, 0) is 6.42 Å². The smallest absolute Gasteiger partial charge is 0.0360 e. The summed E-state index contributed by atoms with van der Waals surface area (Å²) in [5.41, 5.74) is 2.77. The van der Waals surface area contributed by atoms with Crippen LogP contribution in [0.25, 0.3) is 0 Å². The molecule has 0 spiro atoms. The van der Waals surface area contributed by atoms with Gasteiger partial charge in [-0.15, -0.1) is 0 Å². The highest BCUT2D eigenvalue weighted by Gasteiger charge is 2.10. The van der Waals surface area contributed by atoms with Gasteiger partial charge in [0, 0.05) is 6.04 Å². The second-order valence-corrected chi connectivity index (χ2v) is 4.96. The predicted octanol–water partition coefficient (Wildman–Crippen LogP) is 4.36. The van der Waals surface area contributed by atoms with Crippen LogP contribution in [0.2, 0.25) is 0 Å². The van der Waals surface area contributed by atoms with Gasteiger partial charge in [-0.1, -0.05) is 74.0 Å². The van der Waals surface area contributed by atoms with Crippen LogP contribution in [0.15, 0.2) is 60.7 Å². The van der Waals surface area contributed by atoms with Crippen LogP contribution in [0.3, 0.4) is 0 Å². The van der Waals surface area contributed by atoms with E-state index in [1.807, 2.05) is 0 Å². The summed E-state index contributed by atoms with van der Waals surface area (Å²) < 4.78 is 0. The van der Waals surface area contributed by atoms with Crippen molar-refractivity contribution in [2.45, 2.75) is 32.2 Å². The van der Waals surface area contributed by atoms with Crippen molar-refractivity contribution in [3.63, 3.8) is 0 Å². The molecule has 0 saturated heterocycles. The minimum Gasteiger partial charge on any atom is -0.310 e. The minimum atomic E-state index is 0.412. The van der Waals surface area contributed by atoms with Gasteiger partial charge in [-0.3, -0.25) is 0 Å². The monoisotopic (exact) mass is 253 g/mol. The fraction of sp³-hybridized carbons (Fsp3) is 0.333. The number of benzene rings is 2. The van der Waals surface area contributed by atoms with Crippen LogP contribution >= 0.6 is 0 Å². The SMILES string of the molecule is CCCCNC(Cc1ccccc1)c1ccccc1. The lowest BCUT2D eigenvalue weighted by Gasteiger charge is -2.19. The molecule has 1 nitrogen and oxygen atoms in total. The number of nitrogens with one attached hydrogen (secondary N) is 1. The van der Waals surface area contributed by atoms with Gasteiger partial charge < -0.3 is 5.32 Å². The summed E-state index contributed by atoms with van der Waals surface area (Å²) >= 11 is 0. The highest BCUT2D eigenvalue weighted by atomic mass is 14.9. The maximum Gasteiger partial charge on any atom is 0.0360 e. The zero-order valence-corrected chi connectivity index (χ0v) is 11.7. The van der Waals surface area contributed by atoms with E-state index in [0.717, 1.165) is 13.0 Å². The number of rotatable bonds is 7. The van der Waals surface area contributed by atoms with Gasteiger partial charge in [-0.05, 0) is 30.5 Å². The van der Waals surface area contributed by atoms with E-state index < -0.39 is 0 Å². The first-order valence-corrected chi connectivity index (χ1v) is 7.22. The van der Waals surface area contributed by atoms with Crippen LogP contribution < -0.4 is 5.32 Å². The molecule has 1 unspecified atom stereocenters. The van der Waals surface area contributed by atoms with Gasteiger partial charge in [0.15, 0.2) is 0 Å². The van der Waals surface area contributed by atoms with Gasteiger partial charge in [0.25, 0.3) is 0 Å². The molecule has 1 heteroatoms. The van der Waals surface area contributed by atoms with E-state index >= 15 is 0 Å². The molecule has 2 aromatic rings. The molecule has 0 aromatic heterocycles. The van der Waals surface area contributed by atoms with Gasteiger partial charge in [0.2, 0.25) is 0 Å². The fourth-order valence-electron chi connectivity index (χ4n) is 2.30. The quantitative estimate of drug-likeness (QED) is 0.723. The Hall–Kier alpha value is -1.60. The molecule has 0 bridgehead atoms. The Morgan fingerprint density at radius 2 is 1.53 bits per heavy atom. The molecule has 1 atom stereocenters. The summed E-state index contributed by atoms with van der Waals surface area (Å²) in [6.07, 6.45) is 3.52. The van der Waals surface area contributed by atoms with Crippen molar-refractivity contribution in [3.8, 4) is 0 Å². The summed E-state index contributed by atoms with van der Waals surface area (Å²) in [5, 5.41) is 3.69. The molecular formula is C18H23N. The van der Waals surface area contributed by atoms with Crippen LogP contribution in [0.1, 0.15) is 36.9 Å². The van der Waals surface area contributed by atoms with E-state index in [4.69, 9.17) is 0 Å². The molecule has 19 heavy (non-hydrogen) atoms. The lowest BCUT2D eigenvalue weighted by Crippen LogP contribution is -2.24. The molecule has 2 rings (SSSR count). The number of hydrogen-bond acceptors (Lipinski definition) is 1. The third-order valence-electron chi connectivity index (χ3n) is 3.41. The van der Waals surface area contributed by atoms with Crippen LogP contribution in [0.5, 0.6) is 0 Å². The van der Waals surface area contributed by atoms with E-state index in [-0.39, 0.29) is 0 Å². The van der Waals surface area contributed by atoms with Crippen molar-refractivity contribution < 1.29 is 0 Å². The third kappa shape index (κ3) is 4.53. The molecule has 0 radical (unpaired) electrons. The molecule has 0 heterocycles. The molecule has 1 N–H and O–H groups in total.